The zero-order valence-electron chi connectivity index (χ0n) is 15.7. The van der Waals surface area contributed by atoms with E-state index in [1.54, 1.807) is 0 Å². The minimum absolute atomic E-state index is 0.362. The van der Waals surface area contributed by atoms with E-state index < -0.39 is 5.79 Å². The van der Waals surface area contributed by atoms with E-state index in [-0.39, 0.29) is 0 Å². The van der Waals surface area contributed by atoms with E-state index in [1.807, 2.05) is 0 Å². The molecule has 2 saturated heterocycles. The van der Waals surface area contributed by atoms with Gasteiger partial charge in [0.05, 0.1) is 6.61 Å². The Bertz CT molecular complexity index is 645. The van der Waals surface area contributed by atoms with Crippen LogP contribution in [0.25, 0.3) is 0 Å². The van der Waals surface area contributed by atoms with Crippen molar-refractivity contribution in [2.75, 3.05) is 31.1 Å². The molecular formula is C21H31N3O2. The van der Waals surface area contributed by atoms with Crippen molar-refractivity contribution >= 4 is 5.69 Å². The zero-order valence-corrected chi connectivity index (χ0v) is 15.7. The topological polar surface area (TPSA) is 51.0 Å². The van der Waals surface area contributed by atoms with Crippen LogP contribution in [0.1, 0.15) is 50.5 Å². The number of anilines is 1. The fraction of sp³-hybridized carbons (Fsp3) is 0.714. The number of rotatable bonds is 2. The Morgan fingerprint density at radius 1 is 1.00 bits per heavy atom. The molecule has 5 rings (SSSR count). The molecule has 5 nitrogen and oxygen atoms in total. The first-order valence-corrected chi connectivity index (χ1v) is 10.4. The second kappa shape index (κ2) is 6.70. The SMILES string of the molecule is NC1CCN(c2ccc3c(c2)COC2(CCN(C4CCC4)CC2)O3)CC1. The van der Waals surface area contributed by atoms with Crippen molar-refractivity contribution in [3.8, 4) is 5.75 Å². The number of nitrogens with two attached hydrogens (primary N) is 1. The van der Waals surface area contributed by atoms with Gasteiger partial charge in [-0.15, -0.1) is 0 Å². The zero-order chi connectivity index (χ0) is 17.6. The van der Waals surface area contributed by atoms with Gasteiger partial charge in [-0.1, -0.05) is 6.42 Å². The van der Waals surface area contributed by atoms with E-state index in [0.29, 0.717) is 12.6 Å². The summed E-state index contributed by atoms with van der Waals surface area (Å²) < 4.78 is 12.7. The molecule has 1 saturated carbocycles. The number of benzene rings is 1. The summed E-state index contributed by atoms with van der Waals surface area (Å²) in [7, 11) is 0. The van der Waals surface area contributed by atoms with Crippen molar-refractivity contribution in [3.63, 3.8) is 0 Å². The Morgan fingerprint density at radius 3 is 2.46 bits per heavy atom. The maximum absolute atomic E-state index is 6.41. The molecule has 0 bridgehead atoms. The lowest BCUT2D eigenvalue weighted by molar-refractivity contribution is -0.231. The normalized spacial score (nSPS) is 27.0. The first-order valence-electron chi connectivity index (χ1n) is 10.4. The summed E-state index contributed by atoms with van der Waals surface area (Å²) in [6.07, 6.45) is 8.26. The average Bonchev–Trinajstić information content (AvgIpc) is 2.63. The predicted octanol–water partition coefficient (Wildman–Crippen LogP) is 2.87. The van der Waals surface area contributed by atoms with Gasteiger partial charge >= 0.3 is 0 Å². The third-order valence-corrected chi connectivity index (χ3v) is 6.89. The minimum atomic E-state index is -0.396. The highest BCUT2D eigenvalue weighted by Gasteiger charge is 2.42. The van der Waals surface area contributed by atoms with Gasteiger partial charge in [0.1, 0.15) is 5.75 Å². The number of fused-ring (bicyclic) bond motifs is 1. The molecule has 4 aliphatic rings. The fourth-order valence-corrected chi connectivity index (χ4v) is 4.80. The Kier molecular flexibility index (Phi) is 4.34. The number of ether oxygens (including phenoxy) is 2. The van der Waals surface area contributed by atoms with E-state index in [1.165, 1.54) is 30.5 Å². The highest BCUT2D eigenvalue weighted by Crippen LogP contribution is 2.40. The summed E-state index contributed by atoms with van der Waals surface area (Å²) >= 11 is 0. The van der Waals surface area contributed by atoms with Gasteiger partial charge in [-0.05, 0) is 43.9 Å². The van der Waals surface area contributed by atoms with Crippen molar-refractivity contribution in [2.45, 2.75) is 69.4 Å². The maximum atomic E-state index is 6.41. The summed E-state index contributed by atoms with van der Waals surface area (Å²) in [5.74, 6) is 0.623. The highest BCUT2D eigenvalue weighted by molar-refractivity contribution is 5.54. The predicted molar refractivity (Wildman–Crippen MR) is 102 cm³/mol. The number of hydrogen-bond acceptors (Lipinski definition) is 5. The standard InChI is InChI=1S/C21H31N3O2/c22-17-6-10-23(11-7-17)19-4-5-20-16(14-19)15-25-21(26-20)8-12-24(13-9-21)18-2-1-3-18/h4-5,14,17-18H,1-3,6-13,15,22H2. The Balaban J connectivity index is 1.25. The van der Waals surface area contributed by atoms with E-state index >= 15 is 0 Å². The number of hydrogen-bond donors (Lipinski definition) is 1. The third-order valence-electron chi connectivity index (χ3n) is 6.89. The molecule has 1 spiro atoms. The molecule has 0 aromatic heterocycles. The van der Waals surface area contributed by atoms with E-state index in [9.17, 15) is 0 Å². The Hall–Kier alpha value is -1.30. The molecule has 3 heterocycles. The molecule has 1 aliphatic carbocycles. The molecule has 0 atom stereocenters. The van der Waals surface area contributed by atoms with Crippen LogP contribution in [-0.4, -0.2) is 48.9 Å². The van der Waals surface area contributed by atoms with Gasteiger partial charge in [0.25, 0.3) is 0 Å². The molecular weight excluding hydrogens is 326 g/mol. The van der Waals surface area contributed by atoms with Crippen molar-refractivity contribution in [1.82, 2.24) is 4.90 Å². The summed E-state index contributed by atoms with van der Waals surface area (Å²) in [6, 6.07) is 7.80. The number of likely N-dealkylation sites (tertiary alicyclic amines) is 1. The van der Waals surface area contributed by atoms with Gasteiger partial charge in [-0.2, -0.15) is 0 Å². The second-order valence-electron chi connectivity index (χ2n) is 8.54. The molecule has 142 valence electrons. The van der Waals surface area contributed by atoms with Crippen LogP contribution in [0, 0.1) is 0 Å². The van der Waals surface area contributed by atoms with Crippen molar-refractivity contribution in [2.24, 2.45) is 5.73 Å². The van der Waals surface area contributed by atoms with Gasteiger partial charge in [0, 0.05) is 62.4 Å². The quantitative estimate of drug-likeness (QED) is 0.882. The lowest BCUT2D eigenvalue weighted by Crippen LogP contribution is -2.54. The smallest absolute Gasteiger partial charge is 0.213 e. The van der Waals surface area contributed by atoms with Crippen LogP contribution in [-0.2, 0) is 11.3 Å². The molecule has 26 heavy (non-hydrogen) atoms. The summed E-state index contributed by atoms with van der Waals surface area (Å²) in [5, 5.41) is 0. The molecule has 0 radical (unpaired) electrons. The molecule has 5 heteroatoms. The molecule has 1 aromatic rings. The third kappa shape index (κ3) is 3.10. The van der Waals surface area contributed by atoms with Gasteiger partial charge < -0.3 is 20.1 Å². The van der Waals surface area contributed by atoms with Crippen LogP contribution in [0.3, 0.4) is 0 Å². The van der Waals surface area contributed by atoms with Crippen molar-refractivity contribution < 1.29 is 9.47 Å². The van der Waals surface area contributed by atoms with Crippen LogP contribution in [0.15, 0.2) is 18.2 Å². The van der Waals surface area contributed by atoms with E-state index in [4.69, 9.17) is 15.2 Å². The molecule has 3 fully saturated rings. The van der Waals surface area contributed by atoms with Crippen LogP contribution in [0.5, 0.6) is 5.75 Å². The first-order chi connectivity index (χ1) is 12.7. The average molecular weight is 357 g/mol. The molecule has 1 aromatic carbocycles. The molecule has 2 N–H and O–H groups in total. The lowest BCUT2D eigenvalue weighted by atomic mass is 9.89. The van der Waals surface area contributed by atoms with E-state index in [2.05, 4.69) is 28.0 Å². The summed E-state index contributed by atoms with van der Waals surface area (Å²) in [4.78, 5) is 5.08. The maximum Gasteiger partial charge on any atom is 0.213 e. The largest absolute Gasteiger partial charge is 0.462 e. The van der Waals surface area contributed by atoms with E-state index in [0.717, 1.165) is 63.7 Å². The molecule has 3 aliphatic heterocycles. The van der Waals surface area contributed by atoms with Crippen LogP contribution < -0.4 is 15.4 Å². The minimum Gasteiger partial charge on any atom is -0.462 e. The fourth-order valence-electron chi connectivity index (χ4n) is 4.80. The van der Waals surface area contributed by atoms with Gasteiger partial charge in [0.15, 0.2) is 0 Å². The first kappa shape index (κ1) is 16.8. The number of nitrogens with zero attached hydrogens (tertiary/aromatic N) is 2. The lowest BCUT2D eigenvalue weighted by Gasteiger charge is -2.47. The van der Waals surface area contributed by atoms with Crippen molar-refractivity contribution in [1.29, 1.82) is 0 Å². The Morgan fingerprint density at radius 2 is 1.77 bits per heavy atom. The summed E-state index contributed by atoms with van der Waals surface area (Å²) in [5.41, 5.74) is 8.50. The second-order valence-corrected chi connectivity index (χ2v) is 8.54. The number of piperidine rings is 2. The van der Waals surface area contributed by atoms with Gasteiger partial charge in [0.2, 0.25) is 5.79 Å². The van der Waals surface area contributed by atoms with Crippen LogP contribution in [0.2, 0.25) is 0 Å². The van der Waals surface area contributed by atoms with Crippen LogP contribution in [0.4, 0.5) is 5.69 Å². The monoisotopic (exact) mass is 357 g/mol. The molecule has 0 amide bonds. The van der Waals surface area contributed by atoms with Crippen molar-refractivity contribution in [3.05, 3.63) is 23.8 Å². The highest BCUT2D eigenvalue weighted by atomic mass is 16.7. The Labute approximate surface area is 156 Å². The van der Waals surface area contributed by atoms with Gasteiger partial charge in [-0.3, -0.25) is 4.90 Å². The van der Waals surface area contributed by atoms with Gasteiger partial charge in [-0.25, -0.2) is 0 Å². The summed E-state index contributed by atoms with van der Waals surface area (Å²) in [6.45, 7) is 4.96. The molecule has 0 unspecified atom stereocenters. The van der Waals surface area contributed by atoms with Crippen LogP contribution >= 0.6 is 0 Å².